The monoisotopic (exact) mass is 540 g/mol. The third-order valence-electron chi connectivity index (χ3n) is 5.45. The molecule has 35 heavy (non-hydrogen) atoms. The summed E-state index contributed by atoms with van der Waals surface area (Å²) >= 11 is 12.6. The van der Waals surface area contributed by atoms with E-state index < -0.39 is 46.2 Å². The summed E-state index contributed by atoms with van der Waals surface area (Å²) in [5.41, 5.74) is 2.30. The standard InChI is InChI=1S/C24H26Cl2N2O6S/c1-13(2)34-21(30)12-35(32,33)16-7-5-15(6-8-16)18(11-29)27-24(31)20-10-17-19(28(20)4)9-14(3)22(25)23(17)26/h5-10,13,18,29H,11-12H2,1-4H3,(H,27,31). The normalized spacial score (nSPS) is 12.7. The molecule has 0 saturated carbocycles. The molecule has 0 fully saturated rings. The van der Waals surface area contributed by atoms with Gasteiger partial charge in [0.05, 0.1) is 39.2 Å². The lowest BCUT2D eigenvalue weighted by Crippen LogP contribution is -2.32. The molecule has 11 heteroatoms. The molecule has 2 N–H and O–H groups in total. The number of aryl methyl sites for hydroxylation is 2. The van der Waals surface area contributed by atoms with Crippen LogP contribution < -0.4 is 5.32 Å². The average Bonchev–Trinajstić information content (AvgIpc) is 3.11. The number of carbonyl (C=O) groups is 2. The molecule has 0 spiro atoms. The van der Waals surface area contributed by atoms with Gasteiger partial charge in [0.1, 0.15) is 5.69 Å². The maximum Gasteiger partial charge on any atom is 0.321 e. The van der Waals surface area contributed by atoms with Gasteiger partial charge in [-0.15, -0.1) is 0 Å². The molecule has 0 saturated heterocycles. The first-order valence-corrected chi connectivity index (χ1v) is 13.1. The third-order valence-corrected chi connectivity index (χ3v) is 8.03. The van der Waals surface area contributed by atoms with E-state index in [0.717, 1.165) is 11.1 Å². The molecule has 2 aromatic carbocycles. The fraction of sp³-hybridized carbons (Fsp3) is 0.333. The topological polar surface area (TPSA) is 115 Å². The van der Waals surface area contributed by atoms with Crippen molar-refractivity contribution in [3.8, 4) is 0 Å². The molecule has 3 rings (SSSR count). The average molecular weight is 541 g/mol. The van der Waals surface area contributed by atoms with Gasteiger partial charge in [0, 0.05) is 12.4 Å². The number of aliphatic hydroxyl groups excluding tert-OH is 1. The molecule has 188 valence electrons. The van der Waals surface area contributed by atoms with Gasteiger partial charge in [0.15, 0.2) is 15.6 Å². The Balaban J connectivity index is 1.81. The van der Waals surface area contributed by atoms with E-state index in [0.29, 0.717) is 26.7 Å². The van der Waals surface area contributed by atoms with E-state index >= 15 is 0 Å². The molecule has 1 heterocycles. The van der Waals surface area contributed by atoms with Gasteiger partial charge < -0.3 is 19.7 Å². The number of carbonyl (C=O) groups excluding carboxylic acids is 2. The van der Waals surface area contributed by atoms with Crippen LogP contribution in [0.5, 0.6) is 0 Å². The summed E-state index contributed by atoms with van der Waals surface area (Å²) in [6.45, 7) is 4.66. The zero-order valence-electron chi connectivity index (χ0n) is 19.6. The van der Waals surface area contributed by atoms with Crippen molar-refractivity contribution in [1.29, 1.82) is 0 Å². The van der Waals surface area contributed by atoms with Crippen LogP contribution in [0, 0.1) is 6.92 Å². The summed E-state index contributed by atoms with van der Waals surface area (Å²) in [6.07, 6.45) is -0.423. The molecule has 1 amide bonds. The van der Waals surface area contributed by atoms with Crippen LogP contribution in [0.25, 0.3) is 10.9 Å². The number of hydrogen-bond donors (Lipinski definition) is 2. The summed E-state index contributed by atoms with van der Waals surface area (Å²) in [7, 11) is -2.18. The summed E-state index contributed by atoms with van der Waals surface area (Å²) in [5.74, 6) is -2.07. The van der Waals surface area contributed by atoms with E-state index in [4.69, 9.17) is 27.9 Å². The van der Waals surface area contributed by atoms with Crippen molar-refractivity contribution in [2.75, 3.05) is 12.4 Å². The smallest absolute Gasteiger partial charge is 0.321 e. The van der Waals surface area contributed by atoms with Crippen molar-refractivity contribution in [2.24, 2.45) is 7.05 Å². The molecular weight excluding hydrogens is 515 g/mol. The third kappa shape index (κ3) is 5.81. The largest absolute Gasteiger partial charge is 0.462 e. The van der Waals surface area contributed by atoms with Crippen LogP contribution in [0.15, 0.2) is 41.3 Å². The minimum absolute atomic E-state index is 0.0689. The molecule has 3 aromatic rings. The zero-order chi connectivity index (χ0) is 26.1. The number of sulfone groups is 1. The van der Waals surface area contributed by atoms with Gasteiger partial charge in [-0.3, -0.25) is 9.59 Å². The van der Waals surface area contributed by atoms with Crippen LogP contribution in [0.2, 0.25) is 10.0 Å². The molecule has 1 unspecified atom stereocenters. The molecule has 0 radical (unpaired) electrons. The lowest BCUT2D eigenvalue weighted by atomic mass is 10.1. The first-order valence-electron chi connectivity index (χ1n) is 10.7. The van der Waals surface area contributed by atoms with E-state index in [1.165, 1.54) is 24.3 Å². The van der Waals surface area contributed by atoms with Crippen molar-refractivity contribution in [3.05, 3.63) is 63.3 Å². The van der Waals surface area contributed by atoms with Crippen molar-refractivity contribution in [1.82, 2.24) is 9.88 Å². The van der Waals surface area contributed by atoms with E-state index in [2.05, 4.69) is 5.32 Å². The summed E-state index contributed by atoms with van der Waals surface area (Å²) < 4.78 is 31.6. The predicted octanol–water partition coefficient (Wildman–Crippen LogP) is 3.98. The van der Waals surface area contributed by atoms with Gasteiger partial charge >= 0.3 is 5.97 Å². The van der Waals surface area contributed by atoms with E-state index in [9.17, 15) is 23.1 Å². The number of aliphatic hydroxyl groups is 1. The highest BCUT2D eigenvalue weighted by Gasteiger charge is 2.23. The Morgan fingerprint density at radius 1 is 1.11 bits per heavy atom. The first kappa shape index (κ1) is 27.0. The fourth-order valence-electron chi connectivity index (χ4n) is 3.66. The van der Waals surface area contributed by atoms with Gasteiger partial charge in [-0.2, -0.15) is 0 Å². The highest BCUT2D eigenvalue weighted by Crippen LogP contribution is 2.35. The molecule has 8 nitrogen and oxygen atoms in total. The number of fused-ring (bicyclic) bond motifs is 1. The second kappa shape index (κ2) is 10.6. The van der Waals surface area contributed by atoms with Crippen LogP contribution in [-0.4, -0.2) is 48.4 Å². The van der Waals surface area contributed by atoms with E-state index in [-0.39, 0.29) is 4.90 Å². The van der Waals surface area contributed by atoms with Crippen molar-refractivity contribution >= 4 is 55.8 Å². The summed E-state index contributed by atoms with van der Waals surface area (Å²) in [6, 6.07) is 8.25. The number of aromatic nitrogens is 1. The summed E-state index contributed by atoms with van der Waals surface area (Å²) in [4.78, 5) is 24.7. The van der Waals surface area contributed by atoms with Crippen LogP contribution in [-0.2, 0) is 26.4 Å². The van der Waals surface area contributed by atoms with Gasteiger partial charge in [-0.1, -0.05) is 35.3 Å². The molecule has 1 aromatic heterocycles. The maximum atomic E-state index is 13.0. The van der Waals surface area contributed by atoms with Crippen LogP contribution in [0.1, 0.15) is 41.5 Å². The van der Waals surface area contributed by atoms with Crippen LogP contribution in [0.3, 0.4) is 0 Å². The van der Waals surface area contributed by atoms with Crippen LogP contribution >= 0.6 is 23.2 Å². The molecule has 0 bridgehead atoms. The number of nitrogens with zero attached hydrogens (tertiary/aromatic N) is 1. The van der Waals surface area contributed by atoms with Crippen molar-refractivity contribution in [2.45, 2.75) is 37.8 Å². The Labute approximate surface area is 213 Å². The van der Waals surface area contributed by atoms with Crippen molar-refractivity contribution in [3.63, 3.8) is 0 Å². The summed E-state index contributed by atoms with van der Waals surface area (Å²) in [5, 5.41) is 14.0. The lowest BCUT2D eigenvalue weighted by Gasteiger charge is -2.17. The van der Waals surface area contributed by atoms with Gasteiger partial charge in [-0.05, 0) is 56.2 Å². The molecule has 0 aliphatic heterocycles. The number of benzene rings is 2. The Morgan fingerprint density at radius 3 is 2.31 bits per heavy atom. The Hall–Kier alpha value is -2.59. The number of nitrogens with one attached hydrogen (secondary N) is 1. The second-order valence-corrected chi connectivity index (χ2v) is 11.2. The predicted molar refractivity (Wildman–Crippen MR) is 135 cm³/mol. The second-order valence-electron chi connectivity index (χ2n) is 8.42. The van der Waals surface area contributed by atoms with Gasteiger partial charge in [0.25, 0.3) is 5.91 Å². The van der Waals surface area contributed by atoms with Crippen LogP contribution in [0.4, 0.5) is 0 Å². The van der Waals surface area contributed by atoms with Gasteiger partial charge in [0.2, 0.25) is 0 Å². The number of halogens is 2. The van der Waals surface area contributed by atoms with Gasteiger partial charge in [-0.25, -0.2) is 8.42 Å². The maximum absolute atomic E-state index is 13.0. The van der Waals surface area contributed by atoms with Crippen molar-refractivity contribution < 1.29 is 27.9 Å². The Kier molecular flexibility index (Phi) is 8.16. The number of esters is 1. The SMILES string of the molecule is Cc1cc2c(cc(C(=O)NC(CO)c3ccc(S(=O)(=O)CC(=O)OC(C)C)cc3)n2C)c(Cl)c1Cl. The quantitative estimate of drug-likeness (QED) is 0.417. The Bertz CT molecular complexity index is 1380. The number of rotatable bonds is 8. The van der Waals surface area contributed by atoms with E-state index in [1.807, 2.05) is 13.0 Å². The number of amides is 1. The molecule has 0 aliphatic carbocycles. The minimum atomic E-state index is -3.90. The molecule has 1 atom stereocenters. The zero-order valence-corrected chi connectivity index (χ0v) is 22.0. The number of ether oxygens (including phenoxy) is 1. The highest BCUT2D eigenvalue weighted by atomic mass is 35.5. The fourth-order valence-corrected chi connectivity index (χ4v) is 5.21. The molecule has 0 aliphatic rings. The Morgan fingerprint density at radius 2 is 1.74 bits per heavy atom. The first-order chi connectivity index (χ1) is 16.4. The molecular formula is C24H26Cl2N2O6S. The lowest BCUT2D eigenvalue weighted by molar-refractivity contribution is -0.144. The highest BCUT2D eigenvalue weighted by molar-refractivity contribution is 7.92. The van der Waals surface area contributed by atoms with E-state index in [1.54, 1.807) is 31.5 Å². The minimum Gasteiger partial charge on any atom is -0.462 e. The number of hydrogen-bond acceptors (Lipinski definition) is 6.